The molecule has 1 rings (SSSR count). The summed E-state index contributed by atoms with van der Waals surface area (Å²) in [5, 5.41) is 0. The Morgan fingerprint density at radius 3 is 1.60 bits per heavy atom. The zero-order valence-electron chi connectivity index (χ0n) is 14.2. The van der Waals surface area contributed by atoms with Crippen LogP contribution in [-0.2, 0) is 5.41 Å². The SMILES string of the molecule is CC(C)(N)CC(c1ccc(C(C)(C)C)cc1)C(C)(C)N. The molecule has 1 aromatic carbocycles. The summed E-state index contributed by atoms with van der Waals surface area (Å²) in [6.07, 6.45) is 0.880. The van der Waals surface area contributed by atoms with Crippen molar-refractivity contribution in [3.05, 3.63) is 35.4 Å². The summed E-state index contributed by atoms with van der Waals surface area (Å²) >= 11 is 0. The number of nitrogens with two attached hydrogens (primary N) is 2. The van der Waals surface area contributed by atoms with Crippen LogP contribution in [-0.4, -0.2) is 11.1 Å². The van der Waals surface area contributed by atoms with Gasteiger partial charge >= 0.3 is 0 Å². The minimum absolute atomic E-state index is 0.180. The third-order valence-electron chi connectivity index (χ3n) is 3.81. The third kappa shape index (κ3) is 4.92. The van der Waals surface area contributed by atoms with E-state index in [2.05, 4.69) is 72.7 Å². The third-order valence-corrected chi connectivity index (χ3v) is 3.81. The Morgan fingerprint density at radius 1 is 0.850 bits per heavy atom. The van der Waals surface area contributed by atoms with Crippen molar-refractivity contribution < 1.29 is 0 Å². The van der Waals surface area contributed by atoms with Gasteiger partial charge in [-0.25, -0.2) is 0 Å². The van der Waals surface area contributed by atoms with Crippen molar-refractivity contribution in [2.75, 3.05) is 0 Å². The molecule has 1 aromatic rings. The van der Waals surface area contributed by atoms with E-state index in [1.54, 1.807) is 0 Å². The molecule has 0 radical (unpaired) electrons. The van der Waals surface area contributed by atoms with E-state index in [1.807, 2.05) is 0 Å². The Balaban J connectivity index is 3.10. The molecule has 0 heterocycles. The fourth-order valence-electron chi connectivity index (χ4n) is 2.55. The van der Waals surface area contributed by atoms with Gasteiger partial charge in [0, 0.05) is 17.0 Å². The number of benzene rings is 1. The van der Waals surface area contributed by atoms with Crippen molar-refractivity contribution in [1.82, 2.24) is 0 Å². The standard InChI is InChI=1S/C18H32N2/c1-16(2,3)14-10-8-13(9-11-14)15(18(6,7)20)12-17(4,5)19/h8-11,15H,12,19-20H2,1-7H3. The Bertz CT molecular complexity index is 424. The molecule has 0 bridgehead atoms. The van der Waals surface area contributed by atoms with Crippen LogP contribution in [0.4, 0.5) is 0 Å². The van der Waals surface area contributed by atoms with Crippen molar-refractivity contribution in [3.8, 4) is 0 Å². The van der Waals surface area contributed by atoms with Crippen molar-refractivity contribution in [2.45, 2.75) is 77.3 Å². The Labute approximate surface area is 124 Å². The quantitative estimate of drug-likeness (QED) is 0.875. The molecule has 2 nitrogen and oxygen atoms in total. The monoisotopic (exact) mass is 276 g/mol. The summed E-state index contributed by atoms with van der Waals surface area (Å²) in [4.78, 5) is 0. The molecule has 0 aromatic heterocycles. The highest BCUT2D eigenvalue weighted by Crippen LogP contribution is 2.34. The second-order valence-corrected chi connectivity index (χ2v) is 8.44. The Kier molecular flexibility index (Phi) is 4.72. The van der Waals surface area contributed by atoms with Gasteiger partial charge in [-0.05, 0) is 50.7 Å². The van der Waals surface area contributed by atoms with Crippen molar-refractivity contribution in [3.63, 3.8) is 0 Å². The lowest BCUT2D eigenvalue weighted by Gasteiger charge is -2.36. The zero-order chi connectivity index (χ0) is 15.8. The summed E-state index contributed by atoms with van der Waals surface area (Å²) in [7, 11) is 0. The van der Waals surface area contributed by atoms with Gasteiger partial charge in [0.1, 0.15) is 0 Å². The molecular weight excluding hydrogens is 244 g/mol. The highest BCUT2D eigenvalue weighted by atomic mass is 14.8. The van der Waals surface area contributed by atoms with E-state index < -0.39 is 0 Å². The predicted octanol–water partition coefficient (Wildman–Crippen LogP) is 3.93. The molecular formula is C18H32N2. The van der Waals surface area contributed by atoms with E-state index >= 15 is 0 Å². The lowest BCUT2D eigenvalue weighted by Crippen LogP contribution is -2.45. The summed E-state index contributed by atoms with van der Waals surface area (Å²) in [6, 6.07) is 8.87. The Hall–Kier alpha value is -0.860. The van der Waals surface area contributed by atoms with Crippen LogP contribution in [0.5, 0.6) is 0 Å². The molecule has 0 fully saturated rings. The van der Waals surface area contributed by atoms with E-state index in [0.717, 1.165) is 6.42 Å². The summed E-state index contributed by atoms with van der Waals surface area (Å²) in [5.41, 5.74) is 14.9. The normalized spacial score (nSPS) is 15.2. The van der Waals surface area contributed by atoms with Crippen LogP contribution in [0.25, 0.3) is 0 Å². The average Bonchev–Trinajstić information content (AvgIpc) is 2.22. The second-order valence-electron chi connectivity index (χ2n) is 8.44. The number of hydrogen-bond acceptors (Lipinski definition) is 2. The summed E-state index contributed by atoms with van der Waals surface area (Å²) in [6.45, 7) is 15.0. The minimum atomic E-state index is -0.278. The first-order chi connectivity index (χ1) is 8.81. The molecule has 0 aliphatic heterocycles. The van der Waals surface area contributed by atoms with Gasteiger partial charge in [-0.15, -0.1) is 0 Å². The minimum Gasteiger partial charge on any atom is -0.326 e. The average molecular weight is 276 g/mol. The van der Waals surface area contributed by atoms with Crippen LogP contribution in [0.3, 0.4) is 0 Å². The number of rotatable bonds is 4. The van der Waals surface area contributed by atoms with Gasteiger partial charge in [0.25, 0.3) is 0 Å². The van der Waals surface area contributed by atoms with E-state index in [4.69, 9.17) is 11.5 Å². The van der Waals surface area contributed by atoms with Gasteiger partial charge in [-0.2, -0.15) is 0 Å². The van der Waals surface area contributed by atoms with Gasteiger partial charge < -0.3 is 11.5 Å². The van der Waals surface area contributed by atoms with Gasteiger partial charge in [-0.1, -0.05) is 45.0 Å². The van der Waals surface area contributed by atoms with Gasteiger partial charge in [-0.3, -0.25) is 0 Å². The smallest absolute Gasteiger partial charge is 0.0167 e. The maximum atomic E-state index is 6.39. The van der Waals surface area contributed by atoms with E-state index in [1.165, 1.54) is 11.1 Å². The topological polar surface area (TPSA) is 52.0 Å². The largest absolute Gasteiger partial charge is 0.326 e. The molecule has 1 atom stereocenters. The molecule has 1 unspecified atom stereocenters. The highest BCUT2D eigenvalue weighted by molar-refractivity contribution is 5.31. The lowest BCUT2D eigenvalue weighted by molar-refractivity contribution is 0.324. The molecule has 20 heavy (non-hydrogen) atoms. The molecule has 4 N–H and O–H groups in total. The molecule has 0 saturated heterocycles. The first kappa shape index (κ1) is 17.2. The molecule has 114 valence electrons. The van der Waals surface area contributed by atoms with E-state index in [0.29, 0.717) is 0 Å². The van der Waals surface area contributed by atoms with Crippen LogP contribution >= 0.6 is 0 Å². The Morgan fingerprint density at radius 2 is 1.30 bits per heavy atom. The second kappa shape index (κ2) is 5.50. The fourth-order valence-corrected chi connectivity index (χ4v) is 2.55. The highest BCUT2D eigenvalue weighted by Gasteiger charge is 2.31. The maximum absolute atomic E-state index is 6.39. The van der Waals surface area contributed by atoms with E-state index in [-0.39, 0.29) is 22.4 Å². The van der Waals surface area contributed by atoms with Crippen LogP contribution in [0, 0.1) is 0 Å². The van der Waals surface area contributed by atoms with Gasteiger partial charge in [0.2, 0.25) is 0 Å². The predicted molar refractivity (Wildman–Crippen MR) is 89.0 cm³/mol. The first-order valence-electron chi connectivity index (χ1n) is 7.49. The summed E-state index contributed by atoms with van der Waals surface area (Å²) < 4.78 is 0. The molecule has 0 spiro atoms. The lowest BCUT2D eigenvalue weighted by atomic mass is 9.75. The molecule has 2 heteroatoms. The number of hydrogen-bond donors (Lipinski definition) is 2. The molecule has 0 amide bonds. The zero-order valence-corrected chi connectivity index (χ0v) is 14.2. The molecule has 0 aliphatic rings. The van der Waals surface area contributed by atoms with Crippen LogP contribution in [0.15, 0.2) is 24.3 Å². The molecule has 0 saturated carbocycles. The van der Waals surface area contributed by atoms with Crippen LogP contribution < -0.4 is 11.5 Å². The van der Waals surface area contributed by atoms with Gasteiger partial charge in [0.05, 0.1) is 0 Å². The van der Waals surface area contributed by atoms with Gasteiger partial charge in [0.15, 0.2) is 0 Å². The van der Waals surface area contributed by atoms with Crippen LogP contribution in [0.2, 0.25) is 0 Å². The molecule has 0 aliphatic carbocycles. The van der Waals surface area contributed by atoms with Crippen molar-refractivity contribution >= 4 is 0 Å². The van der Waals surface area contributed by atoms with Crippen molar-refractivity contribution in [2.24, 2.45) is 11.5 Å². The first-order valence-corrected chi connectivity index (χ1v) is 7.49. The summed E-state index contributed by atoms with van der Waals surface area (Å²) in [5.74, 6) is 0.261. The maximum Gasteiger partial charge on any atom is 0.0167 e. The van der Waals surface area contributed by atoms with Crippen molar-refractivity contribution in [1.29, 1.82) is 0 Å². The van der Waals surface area contributed by atoms with E-state index in [9.17, 15) is 0 Å². The van der Waals surface area contributed by atoms with Crippen LogP contribution in [0.1, 0.15) is 71.9 Å². The fraction of sp³-hybridized carbons (Fsp3) is 0.667.